The molecule has 0 saturated carbocycles. The van der Waals surface area contributed by atoms with Crippen LogP contribution in [0.4, 0.5) is 0 Å². The zero-order chi connectivity index (χ0) is 10.4. The highest BCUT2D eigenvalue weighted by atomic mass is 16.5. The summed E-state index contributed by atoms with van der Waals surface area (Å²) >= 11 is 0. The lowest BCUT2D eigenvalue weighted by Gasteiger charge is -2.06. The van der Waals surface area contributed by atoms with Crippen molar-refractivity contribution in [2.75, 3.05) is 7.11 Å². The zero-order valence-electron chi connectivity index (χ0n) is 7.99. The summed E-state index contributed by atoms with van der Waals surface area (Å²) in [6.45, 7) is 3.69. The average Bonchev–Trinajstić information content (AvgIpc) is 2.26. The number of carbonyl (C=O) groups is 1. The van der Waals surface area contributed by atoms with E-state index >= 15 is 0 Å². The Balaban J connectivity index is 2.66. The normalized spacial score (nSPS) is 9.21. The molecule has 0 unspecified atom stereocenters. The summed E-state index contributed by atoms with van der Waals surface area (Å²) in [5, 5.41) is 2.62. The number of hydrogen-bond donors (Lipinski definition) is 1. The van der Waals surface area contributed by atoms with Gasteiger partial charge in [0.25, 0.3) is 0 Å². The molecule has 1 aromatic rings. The molecule has 0 aliphatic heterocycles. The summed E-state index contributed by atoms with van der Waals surface area (Å²) < 4.78 is 5.07. The Labute approximate surface area is 82.6 Å². The van der Waals surface area contributed by atoms with Gasteiger partial charge in [0.1, 0.15) is 11.4 Å². The molecule has 0 radical (unpaired) electrons. The van der Waals surface area contributed by atoms with E-state index in [1.54, 1.807) is 25.4 Å². The Morgan fingerprint density at radius 1 is 1.79 bits per heavy atom. The van der Waals surface area contributed by atoms with Gasteiger partial charge in [-0.15, -0.1) is 0 Å². The Morgan fingerprint density at radius 2 is 2.57 bits per heavy atom. The van der Waals surface area contributed by atoms with E-state index in [4.69, 9.17) is 4.74 Å². The monoisotopic (exact) mass is 192 g/mol. The van der Waals surface area contributed by atoms with E-state index in [2.05, 4.69) is 16.9 Å². The highest BCUT2D eigenvalue weighted by Crippen LogP contribution is 2.13. The third kappa shape index (κ3) is 2.58. The van der Waals surface area contributed by atoms with Crippen LogP contribution in [0.1, 0.15) is 5.69 Å². The minimum Gasteiger partial charge on any atom is -0.495 e. The topological polar surface area (TPSA) is 51.2 Å². The van der Waals surface area contributed by atoms with Gasteiger partial charge in [0, 0.05) is 6.20 Å². The van der Waals surface area contributed by atoms with Crippen LogP contribution in [0.2, 0.25) is 0 Å². The summed E-state index contributed by atoms with van der Waals surface area (Å²) in [6, 6.07) is 3.57. The molecule has 0 spiro atoms. The molecule has 4 heteroatoms. The maximum absolute atomic E-state index is 10.9. The van der Waals surface area contributed by atoms with Crippen molar-refractivity contribution in [2.24, 2.45) is 0 Å². The Bertz CT molecular complexity index is 337. The van der Waals surface area contributed by atoms with Crippen LogP contribution in [0.25, 0.3) is 0 Å². The van der Waals surface area contributed by atoms with E-state index in [1.165, 1.54) is 6.08 Å². The van der Waals surface area contributed by atoms with Gasteiger partial charge in [0.2, 0.25) is 5.91 Å². The molecule has 1 rings (SSSR count). The number of aromatic nitrogens is 1. The van der Waals surface area contributed by atoms with Crippen LogP contribution in [0, 0.1) is 0 Å². The van der Waals surface area contributed by atoms with E-state index in [1.807, 2.05) is 0 Å². The Kier molecular flexibility index (Phi) is 3.67. The van der Waals surface area contributed by atoms with Crippen LogP contribution < -0.4 is 10.1 Å². The summed E-state index contributed by atoms with van der Waals surface area (Å²) in [4.78, 5) is 15.0. The van der Waals surface area contributed by atoms with Gasteiger partial charge >= 0.3 is 0 Å². The van der Waals surface area contributed by atoms with Crippen molar-refractivity contribution in [1.82, 2.24) is 10.3 Å². The highest BCUT2D eigenvalue weighted by Gasteiger charge is 2.03. The Hall–Kier alpha value is -1.84. The molecule has 0 aliphatic rings. The first-order valence-corrected chi connectivity index (χ1v) is 4.16. The smallest absolute Gasteiger partial charge is 0.243 e. The lowest BCUT2D eigenvalue weighted by molar-refractivity contribution is -0.116. The standard InChI is InChI=1S/C10H12N2O2/c1-3-10(13)12-7-8-9(14-2)5-4-6-11-8/h3-6H,1,7H2,2H3,(H,12,13). The molecule has 4 nitrogen and oxygen atoms in total. The zero-order valence-corrected chi connectivity index (χ0v) is 7.99. The van der Waals surface area contributed by atoms with Gasteiger partial charge in [0.05, 0.1) is 13.7 Å². The summed E-state index contributed by atoms with van der Waals surface area (Å²) in [7, 11) is 1.57. The minimum atomic E-state index is -0.224. The van der Waals surface area contributed by atoms with Crippen molar-refractivity contribution in [3.05, 3.63) is 36.7 Å². The number of pyridine rings is 1. The third-order valence-electron chi connectivity index (χ3n) is 1.68. The molecule has 1 N–H and O–H groups in total. The molecule has 0 saturated heterocycles. The van der Waals surface area contributed by atoms with E-state index in [0.717, 1.165) is 0 Å². The summed E-state index contributed by atoms with van der Waals surface area (Å²) in [5.41, 5.74) is 0.699. The number of hydrogen-bond acceptors (Lipinski definition) is 3. The first kappa shape index (κ1) is 10.2. The van der Waals surface area contributed by atoms with Crippen LogP contribution in [-0.4, -0.2) is 18.0 Å². The molecule has 0 fully saturated rings. The van der Waals surface area contributed by atoms with Crippen molar-refractivity contribution >= 4 is 5.91 Å². The fourth-order valence-corrected chi connectivity index (χ4v) is 0.985. The van der Waals surface area contributed by atoms with Gasteiger partial charge in [-0.1, -0.05) is 6.58 Å². The predicted octanol–water partition coefficient (Wildman–Crippen LogP) is 0.892. The molecule has 1 amide bonds. The van der Waals surface area contributed by atoms with E-state index in [9.17, 15) is 4.79 Å². The van der Waals surface area contributed by atoms with Crippen LogP contribution in [0.3, 0.4) is 0 Å². The lowest BCUT2D eigenvalue weighted by atomic mass is 10.3. The molecule has 14 heavy (non-hydrogen) atoms. The van der Waals surface area contributed by atoms with Gasteiger partial charge in [-0.05, 0) is 18.2 Å². The number of amides is 1. The van der Waals surface area contributed by atoms with Crippen molar-refractivity contribution in [3.8, 4) is 5.75 Å². The van der Waals surface area contributed by atoms with Crippen molar-refractivity contribution in [3.63, 3.8) is 0 Å². The van der Waals surface area contributed by atoms with E-state index in [-0.39, 0.29) is 5.91 Å². The van der Waals surface area contributed by atoms with Crippen molar-refractivity contribution in [2.45, 2.75) is 6.54 Å². The molecular weight excluding hydrogens is 180 g/mol. The molecule has 0 aliphatic carbocycles. The molecule has 0 atom stereocenters. The lowest BCUT2D eigenvalue weighted by Crippen LogP contribution is -2.20. The van der Waals surface area contributed by atoms with Crippen molar-refractivity contribution < 1.29 is 9.53 Å². The van der Waals surface area contributed by atoms with Gasteiger partial charge in [-0.3, -0.25) is 9.78 Å². The average molecular weight is 192 g/mol. The highest BCUT2D eigenvalue weighted by molar-refractivity contribution is 5.86. The number of ether oxygens (including phenoxy) is 1. The minimum absolute atomic E-state index is 0.224. The maximum atomic E-state index is 10.9. The summed E-state index contributed by atoms with van der Waals surface area (Å²) in [5.74, 6) is 0.439. The fourth-order valence-electron chi connectivity index (χ4n) is 0.985. The molecule has 0 aromatic carbocycles. The van der Waals surface area contributed by atoms with Crippen LogP contribution in [0.5, 0.6) is 5.75 Å². The quantitative estimate of drug-likeness (QED) is 0.721. The maximum Gasteiger partial charge on any atom is 0.243 e. The van der Waals surface area contributed by atoms with Crippen LogP contribution in [0.15, 0.2) is 31.0 Å². The first-order valence-electron chi connectivity index (χ1n) is 4.16. The van der Waals surface area contributed by atoms with Gasteiger partial charge in [-0.2, -0.15) is 0 Å². The van der Waals surface area contributed by atoms with Gasteiger partial charge in [-0.25, -0.2) is 0 Å². The predicted molar refractivity (Wildman–Crippen MR) is 52.8 cm³/mol. The van der Waals surface area contributed by atoms with Crippen molar-refractivity contribution in [1.29, 1.82) is 0 Å². The number of carbonyl (C=O) groups excluding carboxylic acids is 1. The molecule has 74 valence electrons. The van der Waals surface area contributed by atoms with E-state index < -0.39 is 0 Å². The second kappa shape index (κ2) is 5.01. The number of nitrogens with zero attached hydrogens (tertiary/aromatic N) is 1. The Morgan fingerprint density at radius 3 is 3.21 bits per heavy atom. The fraction of sp³-hybridized carbons (Fsp3) is 0.200. The SMILES string of the molecule is C=CC(=O)NCc1ncccc1OC. The molecule has 1 aromatic heterocycles. The van der Waals surface area contributed by atoms with Crippen LogP contribution >= 0.6 is 0 Å². The second-order valence-corrected chi connectivity index (χ2v) is 2.57. The first-order chi connectivity index (χ1) is 6.77. The second-order valence-electron chi connectivity index (χ2n) is 2.57. The van der Waals surface area contributed by atoms with E-state index in [0.29, 0.717) is 18.0 Å². The van der Waals surface area contributed by atoms with Gasteiger partial charge in [0.15, 0.2) is 0 Å². The molecular formula is C10H12N2O2. The largest absolute Gasteiger partial charge is 0.495 e. The van der Waals surface area contributed by atoms with Gasteiger partial charge < -0.3 is 10.1 Å². The number of methoxy groups -OCH3 is 1. The third-order valence-corrected chi connectivity index (χ3v) is 1.68. The molecule has 0 bridgehead atoms. The number of nitrogens with one attached hydrogen (secondary N) is 1. The molecule has 1 heterocycles. The number of rotatable bonds is 4. The summed E-state index contributed by atoms with van der Waals surface area (Å²) in [6.07, 6.45) is 2.87. The van der Waals surface area contributed by atoms with Crippen LogP contribution in [-0.2, 0) is 11.3 Å².